The normalized spacial score (nSPS) is 12.1. The summed E-state index contributed by atoms with van der Waals surface area (Å²) in [4.78, 5) is 25.3. The van der Waals surface area contributed by atoms with Gasteiger partial charge >= 0.3 is 5.63 Å². The molecule has 1 aromatic heterocycles. The second-order valence-electron chi connectivity index (χ2n) is 6.97. The van der Waals surface area contributed by atoms with Crippen molar-refractivity contribution in [2.75, 3.05) is 6.54 Å². The van der Waals surface area contributed by atoms with Gasteiger partial charge in [-0.25, -0.2) is 4.79 Å². The molecule has 0 aliphatic carbocycles. The van der Waals surface area contributed by atoms with Crippen LogP contribution in [0.4, 0.5) is 0 Å². The Balaban J connectivity index is 2.56. The predicted molar refractivity (Wildman–Crippen MR) is 91.3 cm³/mol. The molecule has 0 aliphatic heterocycles. The van der Waals surface area contributed by atoms with Crippen LogP contribution in [0.5, 0.6) is 0 Å². The monoisotopic (exact) mass is 316 g/mol. The highest BCUT2D eigenvalue weighted by molar-refractivity contribution is 5.84. The Morgan fingerprint density at radius 3 is 2.48 bits per heavy atom. The highest BCUT2D eigenvalue weighted by atomic mass is 16.4. The highest BCUT2D eigenvalue weighted by Gasteiger charge is 2.24. The number of nitrogens with two attached hydrogens (primary N) is 1. The number of aryl methyl sites for hydroxylation is 2. The summed E-state index contributed by atoms with van der Waals surface area (Å²) in [5, 5.41) is 0.895. The van der Waals surface area contributed by atoms with Gasteiger partial charge < -0.3 is 10.2 Å². The summed E-state index contributed by atoms with van der Waals surface area (Å²) in [7, 11) is 0. The number of primary amides is 1. The van der Waals surface area contributed by atoms with Crippen molar-refractivity contribution in [3.63, 3.8) is 0 Å². The van der Waals surface area contributed by atoms with Crippen molar-refractivity contribution in [3.05, 3.63) is 45.3 Å². The van der Waals surface area contributed by atoms with E-state index < -0.39 is 0 Å². The summed E-state index contributed by atoms with van der Waals surface area (Å²) in [5.74, 6) is -0.390. The van der Waals surface area contributed by atoms with Crippen molar-refractivity contribution >= 4 is 16.9 Å². The maximum Gasteiger partial charge on any atom is 0.336 e. The molecular weight excluding hydrogens is 292 g/mol. The molecule has 0 spiro atoms. The number of amides is 1. The smallest absolute Gasteiger partial charge is 0.336 e. The summed E-state index contributed by atoms with van der Waals surface area (Å²) < 4.78 is 5.40. The van der Waals surface area contributed by atoms with Crippen LogP contribution in [0.1, 0.15) is 37.5 Å². The minimum Gasteiger partial charge on any atom is -0.422 e. The van der Waals surface area contributed by atoms with E-state index in [9.17, 15) is 9.59 Å². The Morgan fingerprint density at radius 1 is 1.26 bits per heavy atom. The van der Waals surface area contributed by atoms with E-state index in [-0.39, 0.29) is 23.6 Å². The van der Waals surface area contributed by atoms with Crippen LogP contribution in [0.2, 0.25) is 0 Å². The number of carbonyl (C=O) groups excluding carboxylic acids is 1. The molecule has 124 valence electrons. The Morgan fingerprint density at radius 2 is 1.91 bits per heavy atom. The molecule has 1 heterocycles. The van der Waals surface area contributed by atoms with Crippen molar-refractivity contribution in [1.82, 2.24) is 4.90 Å². The lowest BCUT2D eigenvalue weighted by Gasteiger charge is -2.34. The van der Waals surface area contributed by atoms with Crippen molar-refractivity contribution in [3.8, 4) is 0 Å². The number of fused-ring (bicyclic) bond motifs is 1. The minimum absolute atomic E-state index is 0.135. The first-order valence-corrected chi connectivity index (χ1v) is 7.66. The van der Waals surface area contributed by atoms with Crippen molar-refractivity contribution in [2.45, 2.75) is 46.7 Å². The summed E-state index contributed by atoms with van der Waals surface area (Å²) in [5.41, 5.74) is 8.22. The van der Waals surface area contributed by atoms with Gasteiger partial charge in [-0.1, -0.05) is 12.1 Å². The fraction of sp³-hybridized carbons (Fsp3) is 0.444. The molecule has 0 aliphatic rings. The van der Waals surface area contributed by atoms with Crippen LogP contribution in [-0.2, 0) is 11.3 Å². The van der Waals surface area contributed by atoms with E-state index in [1.165, 1.54) is 6.07 Å². The maximum atomic E-state index is 11.9. The molecule has 0 saturated carbocycles. The molecule has 2 rings (SSSR count). The molecule has 1 aromatic carbocycles. The first kappa shape index (κ1) is 17.2. The summed E-state index contributed by atoms with van der Waals surface area (Å²) in [6, 6.07) is 5.47. The van der Waals surface area contributed by atoms with Gasteiger partial charge in [0, 0.05) is 23.5 Å². The van der Waals surface area contributed by atoms with Crippen molar-refractivity contribution < 1.29 is 9.21 Å². The average Bonchev–Trinajstić information content (AvgIpc) is 2.41. The summed E-state index contributed by atoms with van der Waals surface area (Å²) >= 11 is 0. The fourth-order valence-electron chi connectivity index (χ4n) is 2.58. The number of rotatable bonds is 4. The van der Waals surface area contributed by atoms with Crippen LogP contribution in [0.25, 0.3) is 11.0 Å². The highest BCUT2D eigenvalue weighted by Crippen LogP contribution is 2.26. The second kappa shape index (κ2) is 6.16. The zero-order valence-corrected chi connectivity index (χ0v) is 14.4. The largest absolute Gasteiger partial charge is 0.422 e. The lowest BCUT2D eigenvalue weighted by Crippen LogP contribution is -2.45. The molecule has 0 unspecified atom stereocenters. The third-order valence-corrected chi connectivity index (χ3v) is 4.17. The number of benzene rings is 1. The van der Waals surface area contributed by atoms with Crippen LogP contribution in [0.3, 0.4) is 0 Å². The van der Waals surface area contributed by atoms with Gasteiger partial charge in [0.15, 0.2) is 0 Å². The third kappa shape index (κ3) is 3.79. The van der Waals surface area contributed by atoms with Gasteiger partial charge in [0.25, 0.3) is 0 Å². The standard InChI is InChI=1S/C18H24N2O3/c1-11-6-7-14-13(8-16(22)23-17(14)12(11)2)9-20(10-15(19)21)18(3,4)5/h6-8H,9-10H2,1-5H3,(H2,19,21). The number of nitrogens with zero attached hydrogens (tertiary/aromatic N) is 1. The molecule has 0 bridgehead atoms. The van der Waals surface area contributed by atoms with E-state index in [1.807, 2.05) is 51.7 Å². The van der Waals surface area contributed by atoms with Crippen molar-refractivity contribution in [1.29, 1.82) is 0 Å². The molecule has 2 N–H and O–H groups in total. The first-order valence-electron chi connectivity index (χ1n) is 7.66. The molecule has 0 fully saturated rings. The molecule has 2 aromatic rings. The van der Waals surface area contributed by atoms with Crippen LogP contribution in [-0.4, -0.2) is 22.9 Å². The summed E-state index contributed by atoms with van der Waals surface area (Å²) in [6.07, 6.45) is 0. The second-order valence-corrected chi connectivity index (χ2v) is 6.97. The van der Waals surface area contributed by atoms with Gasteiger partial charge in [0.1, 0.15) is 5.58 Å². The number of hydrogen-bond donors (Lipinski definition) is 1. The van der Waals surface area contributed by atoms with E-state index in [4.69, 9.17) is 10.2 Å². The van der Waals surface area contributed by atoms with Gasteiger partial charge in [0.2, 0.25) is 5.91 Å². The van der Waals surface area contributed by atoms with E-state index >= 15 is 0 Å². The van der Waals surface area contributed by atoms with E-state index in [2.05, 4.69) is 0 Å². The fourth-order valence-corrected chi connectivity index (χ4v) is 2.58. The SMILES string of the molecule is Cc1ccc2c(CN(CC(N)=O)C(C)(C)C)cc(=O)oc2c1C. The van der Waals surface area contributed by atoms with Gasteiger partial charge in [-0.3, -0.25) is 9.69 Å². The molecule has 5 heteroatoms. The van der Waals surface area contributed by atoms with Crippen LogP contribution in [0, 0.1) is 13.8 Å². The Hall–Kier alpha value is -2.14. The zero-order chi connectivity index (χ0) is 17.4. The lowest BCUT2D eigenvalue weighted by atomic mass is 10.0. The average molecular weight is 316 g/mol. The van der Waals surface area contributed by atoms with E-state index in [0.717, 1.165) is 22.1 Å². The summed E-state index contributed by atoms with van der Waals surface area (Å²) in [6.45, 7) is 10.6. The third-order valence-electron chi connectivity index (χ3n) is 4.17. The number of carbonyl (C=O) groups is 1. The van der Waals surface area contributed by atoms with Crippen LogP contribution < -0.4 is 11.4 Å². The molecule has 0 atom stereocenters. The topological polar surface area (TPSA) is 76.5 Å². The quantitative estimate of drug-likeness (QED) is 0.879. The Bertz CT molecular complexity index is 800. The number of hydrogen-bond acceptors (Lipinski definition) is 4. The van der Waals surface area contributed by atoms with Gasteiger partial charge in [-0.15, -0.1) is 0 Å². The molecule has 5 nitrogen and oxygen atoms in total. The maximum absolute atomic E-state index is 11.9. The molecule has 23 heavy (non-hydrogen) atoms. The van der Waals surface area contributed by atoms with E-state index in [0.29, 0.717) is 12.1 Å². The Kier molecular flexibility index (Phi) is 4.61. The molecule has 0 saturated heterocycles. The van der Waals surface area contributed by atoms with Crippen molar-refractivity contribution in [2.24, 2.45) is 5.73 Å². The van der Waals surface area contributed by atoms with Gasteiger partial charge in [0.05, 0.1) is 6.54 Å². The molecule has 1 amide bonds. The van der Waals surface area contributed by atoms with Crippen LogP contribution in [0.15, 0.2) is 27.4 Å². The van der Waals surface area contributed by atoms with Gasteiger partial charge in [-0.05, 0) is 51.3 Å². The predicted octanol–water partition coefficient (Wildman–Crippen LogP) is 2.50. The van der Waals surface area contributed by atoms with Crippen LogP contribution >= 0.6 is 0 Å². The first-order chi connectivity index (χ1) is 10.6. The lowest BCUT2D eigenvalue weighted by molar-refractivity contribution is -0.120. The minimum atomic E-state index is -0.390. The van der Waals surface area contributed by atoms with Gasteiger partial charge in [-0.2, -0.15) is 0 Å². The van der Waals surface area contributed by atoms with E-state index in [1.54, 1.807) is 0 Å². The molecule has 0 radical (unpaired) electrons. The molecular formula is C18H24N2O3. The Labute approximate surface area is 136 Å². The zero-order valence-electron chi connectivity index (χ0n) is 14.4.